The maximum absolute atomic E-state index is 13.7. The molecular formula is C20H18FN5O. The number of halogens is 1. The van der Waals surface area contributed by atoms with E-state index in [0.29, 0.717) is 23.0 Å². The van der Waals surface area contributed by atoms with Gasteiger partial charge in [-0.25, -0.2) is 14.4 Å². The van der Waals surface area contributed by atoms with Crippen LogP contribution in [0.5, 0.6) is 5.75 Å². The van der Waals surface area contributed by atoms with Gasteiger partial charge in [0.25, 0.3) is 0 Å². The SMILES string of the molecule is CNc1nc2cnc(Nc3ccc(OC)cc3)cc2n1-c1cccc(F)c1. The summed E-state index contributed by atoms with van der Waals surface area (Å²) in [4.78, 5) is 8.96. The first-order valence-corrected chi connectivity index (χ1v) is 8.41. The average Bonchev–Trinajstić information content (AvgIpc) is 3.06. The van der Waals surface area contributed by atoms with Crippen molar-refractivity contribution in [3.8, 4) is 11.4 Å². The van der Waals surface area contributed by atoms with Crippen LogP contribution in [0.3, 0.4) is 0 Å². The zero-order valence-corrected chi connectivity index (χ0v) is 14.9. The predicted octanol–water partition coefficient (Wildman–Crippen LogP) is 4.35. The van der Waals surface area contributed by atoms with Crippen molar-refractivity contribution in [1.82, 2.24) is 14.5 Å². The van der Waals surface area contributed by atoms with Crippen molar-refractivity contribution in [2.45, 2.75) is 0 Å². The predicted molar refractivity (Wildman–Crippen MR) is 105 cm³/mol. The van der Waals surface area contributed by atoms with E-state index in [2.05, 4.69) is 20.6 Å². The van der Waals surface area contributed by atoms with Crippen LogP contribution in [-0.2, 0) is 0 Å². The van der Waals surface area contributed by atoms with E-state index in [-0.39, 0.29) is 5.82 Å². The molecule has 0 unspecified atom stereocenters. The fourth-order valence-corrected chi connectivity index (χ4v) is 2.92. The van der Waals surface area contributed by atoms with Gasteiger partial charge in [-0.15, -0.1) is 0 Å². The summed E-state index contributed by atoms with van der Waals surface area (Å²) in [5.41, 5.74) is 3.09. The van der Waals surface area contributed by atoms with Gasteiger partial charge in [-0.05, 0) is 42.5 Å². The summed E-state index contributed by atoms with van der Waals surface area (Å²) in [7, 11) is 3.41. The molecule has 4 rings (SSSR count). The molecule has 0 aliphatic carbocycles. The van der Waals surface area contributed by atoms with Gasteiger partial charge in [-0.2, -0.15) is 0 Å². The van der Waals surface area contributed by atoms with Gasteiger partial charge in [0.15, 0.2) is 0 Å². The highest BCUT2D eigenvalue weighted by atomic mass is 19.1. The van der Waals surface area contributed by atoms with Gasteiger partial charge < -0.3 is 15.4 Å². The van der Waals surface area contributed by atoms with E-state index in [4.69, 9.17) is 4.74 Å². The topological polar surface area (TPSA) is 64.0 Å². The smallest absolute Gasteiger partial charge is 0.208 e. The number of fused-ring (bicyclic) bond motifs is 1. The molecule has 7 heteroatoms. The van der Waals surface area contributed by atoms with Gasteiger partial charge in [0.05, 0.1) is 24.5 Å². The molecule has 2 aromatic heterocycles. The standard InChI is InChI=1S/C20H18FN5O/c1-22-20-25-17-12-23-19(24-14-6-8-16(27-2)9-7-14)11-18(17)26(20)15-5-3-4-13(21)10-15/h3-12H,1-2H3,(H,22,25)(H,23,24). The Balaban J connectivity index is 1.77. The third-order valence-corrected chi connectivity index (χ3v) is 4.19. The molecule has 136 valence electrons. The number of ether oxygens (including phenoxy) is 1. The number of rotatable bonds is 5. The molecule has 2 aromatic carbocycles. The number of nitrogens with one attached hydrogen (secondary N) is 2. The van der Waals surface area contributed by atoms with Crippen LogP contribution in [0.4, 0.5) is 21.8 Å². The van der Waals surface area contributed by atoms with Gasteiger partial charge in [0.1, 0.15) is 22.9 Å². The first-order chi connectivity index (χ1) is 13.2. The lowest BCUT2D eigenvalue weighted by Crippen LogP contribution is -2.02. The largest absolute Gasteiger partial charge is 0.497 e. The molecule has 4 aromatic rings. The van der Waals surface area contributed by atoms with Crippen LogP contribution in [0.15, 0.2) is 60.8 Å². The number of imidazole rings is 1. The van der Waals surface area contributed by atoms with Crippen LogP contribution >= 0.6 is 0 Å². The van der Waals surface area contributed by atoms with Crippen LogP contribution < -0.4 is 15.4 Å². The molecule has 2 heterocycles. The molecule has 0 radical (unpaired) electrons. The molecule has 6 nitrogen and oxygen atoms in total. The Morgan fingerprint density at radius 3 is 2.59 bits per heavy atom. The van der Waals surface area contributed by atoms with E-state index in [1.54, 1.807) is 26.4 Å². The Labute approximate surface area is 155 Å². The number of aromatic nitrogens is 3. The van der Waals surface area contributed by atoms with Gasteiger partial charge in [-0.3, -0.25) is 4.57 Å². The first-order valence-electron chi connectivity index (χ1n) is 8.41. The Morgan fingerprint density at radius 1 is 1.07 bits per heavy atom. The Morgan fingerprint density at radius 2 is 1.89 bits per heavy atom. The normalized spacial score (nSPS) is 10.8. The molecule has 0 amide bonds. The average molecular weight is 363 g/mol. The molecule has 0 aliphatic heterocycles. The second-order valence-corrected chi connectivity index (χ2v) is 5.91. The first kappa shape index (κ1) is 16.8. The minimum Gasteiger partial charge on any atom is -0.497 e. The summed E-state index contributed by atoms with van der Waals surface area (Å²) in [6, 6.07) is 15.8. The second kappa shape index (κ2) is 6.95. The third kappa shape index (κ3) is 3.27. The van der Waals surface area contributed by atoms with Crippen molar-refractivity contribution in [3.63, 3.8) is 0 Å². The number of anilines is 3. The molecule has 0 atom stereocenters. The molecule has 27 heavy (non-hydrogen) atoms. The van der Waals surface area contributed by atoms with Gasteiger partial charge in [0, 0.05) is 18.8 Å². The van der Waals surface area contributed by atoms with Crippen molar-refractivity contribution in [2.75, 3.05) is 24.8 Å². The van der Waals surface area contributed by atoms with E-state index >= 15 is 0 Å². The lowest BCUT2D eigenvalue weighted by molar-refractivity contribution is 0.415. The maximum atomic E-state index is 13.7. The summed E-state index contributed by atoms with van der Waals surface area (Å²) >= 11 is 0. The van der Waals surface area contributed by atoms with Gasteiger partial charge in [-0.1, -0.05) is 6.07 Å². The van der Waals surface area contributed by atoms with Crippen LogP contribution in [0.25, 0.3) is 16.7 Å². The number of pyridine rings is 1. The van der Waals surface area contributed by atoms with E-state index < -0.39 is 0 Å². The van der Waals surface area contributed by atoms with E-state index in [9.17, 15) is 4.39 Å². The Kier molecular flexibility index (Phi) is 4.33. The highest BCUT2D eigenvalue weighted by Gasteiger charge is 2.13. The van der Waals surface area contributed by atoms with Crippen molar-refractivity contribution in [2.24, 2.45) is 0 Å². The van der Waals surface area contributed by atoms with Crippen molar-refractivity contribution < 1.29 is 9.13 Å². The summed E-state index contributed by atoms with van der Waals surface area (Å²) < 4.78 is 20.8. The zero-order valence-electron chi connectivity index (χ0n) is 14.9. The van der Waals surface area contributed by atoms with Crippen LogP contribution in [0.2, 0.25) is 0 Å². The molecule has 2 N–H and O–H groups in total. The van der Waals surface area contributed by atoms with Crippen LogP contribution in [-0.4, -0.2) is 28.7 Å². The lowest BCUT2D eigenvalue weighted by Gasteiger charge is -2.10. The highest BCUT2D eigenvalue weighted by molar-refractivity contribution is 5.83. The van der Waals surface area contributed by atoms with Crippen molar-refractivity contribution in [3.05, 3.63) is 66.6 Å². The summed E-state index contributed by atoms with van der Waals surface area (Å²) in [6.07, 6.45) is 1.69. The molecule has 0 saturated heterocycles. The lowest BCUT2D eigenvalue weighted by atomic mass is 10.3. The number of hydrogen-bond acceptors (Lipinski definition) is 5. The molecular weight excluding hydrogens is 345 g/mol. The van der Waals surface area contributed by atoms with E-state index in [1.165, 1.54) is 12.1 Å². The van der Waals surface area contributed by atoms with E-state index in [0.717, 1.165) is 17.0 Å². The molecule has 0 spiro atoms. The Bertz CT molecular complexity index is 1090. The highest BCUT2D eigenvalue weighted by Crippen LogP contribution is 2.27. The molecule has 0 aliphatic rings. The summed E-state index contributed by atoms with van der Waals surface area (Å²) in [5.74, 6) is 1.75. The van der Waals surface area contributed by atoms with Crippen molar-refractivity contribution in [1.29, 1.82) is 0 Å². The molecule has 0 saturated carbocycles. The zero-order chi connectivity index (χ0) is 18.8. The van der Waals surface area contributed by atoms with Crippen molar-refractivity contribution >= 4 is 28.5 Å². The quantitative estimate of drug-likeness (QED) is 0.552. The number of methoxy groups -OCH3 is 1. The minimum atomic E-state index is -0.304. The molecule has 0 fully saturated rings. The number of hydrogen-bond donors (Lipinski definition) is 2. The summed E-state index contributed by atoms with van der Waals surface area (Å²) in [5, 5.41) is 6.31. The number of benzene rings is 2. The Hall–Kier alpha value is -3.61. The van der Waals surface area contributed by atoms with Gasteiger partial charge >= 0.3 is 0 Å². The fraction of sp³-hybridized carbons (Fsp3) is 0.100. The molecule has 0 bridgehead atoms. The number of nitrogens with zero attached hydrogens (tertiary/aromatic N) is 3. The van der Waals surface area contributed by atoms with Crippen LogP contribution in [0, 0.1) is 5.82 Å². The monoisotopic (exact) mass is 363 g/mol. The maximum Gasteiger partial charge on any atom is 0.208 e. The fourth-order valence-electron chi connectivity index (χ4n) is 2.92. The second-order valence-electron chi connectivity index (χ2n) is 5.91. The third-order valence-electron chi connectivity index (χ3n) is 4.19. The van der Waals surface area contributed by atoms with E-state index in [1.807, 2.05) is 41.0 Å². The van der Waals surface area contributed by atoms with Gasteiger partial charge in [0.2, 0.25) is 5.95 Å². The minimum absolute atomic E-state index is 0.304. The summed E-state index contributed by atoms with van der Waals surface area (Å²) in [6.45, 7) is 0. The van der Waals surface area contributed by atoms with Crippen LogP contribution in [0.1, 0.15) is 0 Å².